The summed E-state index contributed by atoms with van der Waals surface area (Å²) in [4.78, 5) is 40.5. The number of fused-ring (bicyclic) bond motifs is 2. The molecule has 2 N–H and O–H groups in total. The van der Waals surface area contributed by atoms with Gasteiger partial charge in [0.15, 0.2) is 11.6 Å². The maximum absolute atomic E-state index is 13.4. The van der Waals surface area contributed by atoms with Crippen LogP contribution in [0.5, 0.6) is 0 Å². The summed E-state index contributed by atoms with van der Waals surface area (Å²) in [6.45, 7) is 10.8. The van der Waals surface area contributed by atoms with Crippen LogP contribution < -0.4 is 10.6 Å². The first-order valence-electron chi connectivity index (χ1n) is 11.8. The Balaban J connectivity index is 2.25. The molecular formula is C24H41N3O4. The highest BCUT2D eigenvalue weighted by atomic mass is 16.6. The molecule has 7 nitrogen and oxygen atoms in total. The second-order valence-electron chi connectivity index (χ2n) is 9.83. The van der Waals surface area contributed by atoms with Gasteiger partial charge in [-0.3, -0.25) is 14.9 Å². The monoisotopic (exact) mass is 435 g/mol. The molecule has 2 rings (SSSR count). The molecule has 1 saturated heterocycles. The van der Waals surface area contributed by atoms with Crippen molar-refractivity contribution < 1.29 is 19.1 Å². The molecule has 2 atom stereocenters. The summed E-state index contributed by atoms with van der Waals surface area (Å²) in [5, 5.41) is 6.74. The average molecular weight is 436 g/mol. The van der Waals surface area contributed by atoms with Gasteiger partial charge in [-0.2, -0.15) is 0 Å². The van der Waals surface area contributed by atoms with Crippen LogP contribution in [0.1, 0.15) is 73.1 Å². The molecular weight excluding hydrogens is 394 g/mol. The molecule has 0 aliphatic carbocycles. The number of nitrogens with zero attached hydrogens (tertiary/aromatic N) is 1. The van der Waals surface area contributed by atoms with Crippen molar-refractivity contribution in [2.45, 2.75) is 90.3 Å². The third kappa shape index (κ3) is 6.88. The third-order valence-corrected chi connectivity index (χ3v) is 6.35. The van der Waals surface area contributed by atoms with Crippen molar-refractivity contribution in [3.8, 4) is 0 Å². The number of rotatable bonds is 4. The van der Waals surface area contributed by atoms with Gasteiger partial charge in [-0.15, -0.1) is 0 Å². The molecule has 0 saturated carbocycles. The van der Waals surface area contributed by atoms with Gasteiger partial charge in [0.05, 0.1) is 17.6 Å². The zero-order valence-electron chi connectivity index (χ0n) is 20.0. The lowest BCUT2D eigenvalue weighted by molar-refractivity contribution is -0.129. The highest BCUT2D eigenvalue weighted by Gasteiger charge is 2.47. The van der Waals surface area contributed by atoms with E-state index in [1.54, 1.807) is 4.90 Å². The van der Waals surface area contributed by atoms with Gasteiger partial charge >= 0.3 is 6.09 Å². The Hall–Kier alpha value is -1.73. The SMILES string of the molecule is CC(C)N[C@@]12CCN(C1)C(=O)OCC=CCCCCC[C@@](C)(C(=O)C(C)C)NCC2=O. The highest BCUT2D eigenvalue weighted by molar-refractivity contribution is 5.94. The van der Waals surface area contributed by atoms with Gasteiger partial charge in [0, 0.05) is 25.0 Å². The molecule has 0 aromatic heterocycles. The Labute approximate surface area is 187 Å². The van der Waals surface area contributed by atoms with Crippen molar-refractivity contribution in [2.75, 3.05) is 26.2 Å². The molecule has 2 heterocycles. The van der Waals surface area contributed by atoms with Gasteiger partial charge in [-0.1, -0.05) is 38.8 Å². The summed E-state index contributed by atoms with van der Waals surface area (Å²) in [7, 11) is 0. The average Bonchev–Trinajstić information content (AvgIpc) is 3.14. The summed E-state index contributed by atoms with van der Waals surface area (Å²) < 4.78 is 5.37. The fraction of sp³-hybridized carbons (Fsp3) is 0.792. The van der Waals surface area contributed by atoms with Gasteiger partial charge in [0.2, 0.25) is 0 Å². The van der Waals surface area contributed by atoms with Gasteiger partial charge < -0.3 is 15.0 Å². The van der Waals surface area contributed by atoms with Crippen LogP contribution in [0.15, 0.2) is 12.2 Å². The van der Waals surface area contributed by atoms with Crippen molar-refractivity contribution >= 4 is 17.7 Å². The van der Waals surface area contributed by atoms with E-state index in [0.29, 0.717) is 19.4 Å². The molecule has 176 valence electrons. The summed E-state index contributed by atoms with van der Waals surface area (Å²) >= 11 is 0. The van der Waals surface area contributed by atoms with Crippen LogP contribution in [0.25, 0.3) is 0 Å². The zero-order chi connectivity index (χ0) is 23.1. The minimum atomic E-state index is -0.828. The number of Topliss-reactive ketones (excluding diaryl/α,β-unsaturated/α-hetero) is 2. The van der Waals surface area contributed by atoms with Gasteiger partial charge in [-0.05, 0) is 46.5 Å². The van der Waals surface area contributed by atoms with Gasteiger partial charge in [-0.25, -0.2) is 4.79 Å². The molecule has 0 unspecified atom stereocenters. The molecule has 0 radical (unpaired) electrons. The summed E-state index contributed by atoms with van der Waals surface area (Å²) in [6, 6.07) is 0.0839. The van der Waals surface area contributed by atoms with E-state index < -0.39 is 11.1 Å². The third-order valence-electron chi connectivity index (χ3n) is 6.35. The predicted molar refractivity (Wildman–Crippen MR) is 122 cm³/mol. The lowest BCUT2D eigenvalue weighted by atomic mass is 9.83. The van der Waals surface area contributed by atoms with Gasteiger partial charge in [0.1, 0.15) is 6.61 Å². The number of carbonyl (C=O) groups excluding carboxylic acids is 3. The number of cyclic esters (lactones) is 1. The summed E-state index contributed by atoms with van der Waals surface area (Å²) in [5.41, 5.74) is -1.56. The second kappa shape index (κ2) is 11.2. The summed E-state index contributed by atoms with van der Waals surface area (Å²) in [6.07, 6.45) is 8.64. The lowest BCUT2D eigenvalue weighted by Crippen LogP contribution is -2.61. The molecule has 2 aliphatic heterocycles. The number of ketones is 2. The Bertz CT molecular complexity index is 676. The fourth-order valence-corrected chi connectivity index (χ4v) is 4.64. The molecule has 31 heavy (non-hydrogen) atoms. The smallest absolute Gasteiger partial charge is 0.410 e. The predicted octanol–water partition coefficient (Wildman–Crippen LogP) is 3.23. The van der Waals surface area contributed by atoms with E-state index in [4.69, 9.17) is 4.74 Å². The first-order valence-corrected chi connectivity index (χ1v) is 11.8. The Morgan fingerprint density at radius 1 is 1.13 bits per heavy atom. The number of ether oxygens (including phenoxy) is 1. The normalized spacial score (nSPS) is 29.3. The minimum absolute atomic E-state index is 0.0107. The van der Waals surface area contributed by atoms with Crippen LogP contribution in [-0.2, 0) is 14.3 Å². The van der Waals surface area contributed by atoms with Crippen molar-refractivity contribution in [2.24, 2.45) is 5.92 Å². The molecule has 7 heteroatoms. The molecule has 1 amide bonds. The Morgan fingerprint density at radius 2 is 1.87 bits per heavy atom. The molecule has 0 aromatic rings. The van der Waals surface area contributed by atoms with Crippen LogP contribution in [0.4, 0.5) is 4.79 Å². The Morgan fingerprint density at radius 3 is 2.55 bits per heavy atom. The Kier molecular flexibility index (Phi) is 9.25. The van der Waals surface area contributed by atoms with Crippen LogP contribution in [0.2, 0.25) is 0 Å². The number of amides is 1. The highest BCUT2D eigenvalue weighted by Crippen LogP contribution is 2.26. The lowest BCUT2D eigenvalue weighted by Gasteiger charge is -2.35. The maximum Gasteiger partial charge on any atom is 0.410 e. The molecule has 0 aromatic carbocycles. The summed E-state index contributed by atoms with van der Waals surface area (Å²) in [5.74, 6) is 0.0215. The van der Waals surface area contributed by atoms with Gasteiger partial charge in [0.25, 0.3) is 0 Å². The largest absolute Gasteiger partial charge is 0.445 e. The zero-order valence-corrected chi connectivity index (χ0v) is 20.0. The van der Waals surface area contributed by atoms with Crippen LogP contribution in [-0.4, -0.2) is 65.9 Å². The van der Waals surface area contributed by atoms with Crippen molar-refractivity contribution in [1.82, 2.24) is 15.5 Å². The van der Waals surface area contributed by atoms with E-state index in [1.165, 1.54) is 0 Å². The quantitative estimate of drug-likeness (QED) is 0.659. The molecule has 2 aliphatic rings. The molecule has 0 spiro atoms. The topological polar surface area (TPSA) is 87.7 Å². The van der Waals surface area contributed by atoms with E-state index in [-0.39, 0.29) is 49.3 Å². The van der Waals surface area contributed by atoms with Crippen LogP contribution in [0, 0.1) is 5.92 Å². The maximum atomic E-state index is 13.4. The van der Waals surface area contributed by atoms with E-state index in [0.717, 1.165) is 25.7 Å². The molecule has 2 bridgehead atoms. The van der Waals surface area contributed by atoms with Crippen LogP contribution >= 0.6 is 0 Å². The minimum Gasteiger partial charge on any atom is -0.445 e. The van der Waals surface area contributed by atoms with E-state index in [2.05, 4.69) is 10.6 Å². The molecule has 1 fully saturated rings. The standard InChI is InChI=1S/C24H41N3O4/c1-18(2)21(29)23(5)12-10-8-6-7-9-11-15-31-22(30)27-14-13-24(17-27,26-19(3)4)20(28)16-25-23/h9,11,18-19,25-26H,6-8,10,12-17H2,1-5H3/t23-,24-/m0/s1. The van der Waals surface area contributed by atoms with Crippen molar-refractivity contribution in [1.29, 1.82) is 0 Å². The van der Waals surface area contributed by atoms with E-state index in [1.807, 2.05) is 46.8 Å². The van der Waals surface area contributed by atoms with Crippen molar-refractivity contribution in [3.05, 3.63) is 12.2 Å². The van der Waals surface area contributed by atoms with E-state index >= 15 is 0 Å². The number of allylic oxidation sites excluding steroid dienone is 1. The second-order valence-corrected chi connectivity index (χ2v) is 9.83. The van der Waals surface area contributed by atoms with Crippen LogP contribution in [0.3, 0.4) is 0 Å². The first kappa shape index (κ1) is 25.5. The number of hydrogen-bond acceptors (Lipinski definition) is 6. The first-order chi connectivity index (χ1) is 14.6. The van der Waals surface area contributed by atoms with Crippen molar-refractivity contribution in [3.63, 3.8) is 0 Å². The van der Waals surface area contributed by atoms with E-state index in [9.17, 15) is 14.4 Å². The number of carbonyl (C=O) groups is 3. The fourth-order valence-electron chi connectivity index (χ4n) is 4.64. The number of hydrogen-bond donors (Lipinski definition) is 2. The number of nitrogens with one attached hydrogen (secondary N) is 2.